The second-order valence-electron chi connectivity index (χ2n) is 5.86. The first-order valence-corrected chi connectivity index (χ1v) is 9.19. The summed E-state index contributed by atoms with van der Waals surface area (Å²) in [5.41, 5.74) is 2.38. The Kier molecular flexibility index (Phi) is 3.69. The standard InChI is InChI=1S/C16H14N6O3S/c1-22-16(18-20-21-22)10-3-2-4-12(7-10)19-26(24,25)13-5-6-14-11(8-13)9-15(23)17-14/h2-8,19H,9H2,1H3,(H,17,23). The fourth-order valence-corrected chi connectivity index (χ4v) is 3.88. The molecule has 4 rings (SSSR count). The molecule has 9 nitrogen and oxygen atoms in total. The lowest BCUT2D eigenvalue weighted by Gasteiger charge is -2.10. The highest BCUT2D eigenvalue weighted by atomic mass is 32.2. The molecule has 132 valence electrons. The van der Waals surface area contributed by atoms with E-state index in [2.05, 4.69) is 25.6 Å². The van der Waals surface area contributed by atoms with Crippen molar-refractivity contribution in [3.8, 4) is 11.4 Å². The van der Waals surface area contributed by atoms with Crippen LogP contribution in [0.5, 0.6) is 0 Å². The highest BCUT2D eigenvalue weighted by Gasteiger charge is 2.22. The van der Waals surface area contributed by atoms with Gasteiger partial charge in [0.1, 0.15) is 0 Å². The molecule has 3 aromatic rings. The smallest absolute Gasteiger partial charge is 0.261 e. The molecule has 1 aliphatic heterocycles. The topological polar surface area (TPSA) is 119 Å². The predicted octanol–water partition coefficient (Wildman–Crippen LogP) is 1.17. The fraction of sp³-hybridized carbons (Fsp3) is 0.125. The van der Waals surface area contributed by atoms with Gasteiger partial charge in [0.05, 0.1) is 11.3 Å². The van der Waals surface area contributed by atoms with Gasteiger partial charge in [-0.25, -0.2) is 13.1 Å². The Morgan fingerprint density at radius 1 is 1.19 bits per heavy atom. The monoisotopic (exact) mass is 370 g/mol. The van der Waals surface area contributed by atoms with Gasteiger partial charge in [0, 0.05) is 24.0 Å². The number of sulfonamides is 1. The van der Waals surface area contributed by atoms with Crippen LogP contribution in [0, 0.1) is 0 Å². The summed E-state index contributed by atoms with van der Waals surface area (Å²) in [6.45, 7) is 0. The molecule has 1 aromatic heterocycles. The van der Waals surface area contributed by atoms with E-state index in [9.17, 15) is 13.2 Å². The minimum atomic E-state index is -3.80. The highest BCUT2D eigenvalue weighted by molar-refractivity contribution is 7.92. The van der Waals surface area contributed by atoms with Crippen molar-refractivity contribution in [2.75, 3.05) is 10.0 Å². The summed E-state index contributed by atoms with van der Waals surface area (Å²) in [6, 6.07) is 11.4. The lowest BCUT2D eigenvalue weighted by atomic mass is 10.2. The number of tetrazole rings is 1. The molecule has 0 saturated heterocycles. The van der Waals surface area contributed by atoms with Crippen LogP contribution in [0.25, 0.3) is 11.4 Å². The van der Waals surface area contributed by atoms with E-state index < -0.39 is 10.0 Å². The highest BCUT2D eigenvalue weighted by Crippen LogP contribution is 2.27. The quantitative estimate of drug-likeness (QED) is 0.712. The number of hydrogen-bond acceptors (Lipinski definition) is 6. The Hall–Kier alpha value is -3.27. The molecule has 2 N–H and O–H groups in total. The Bertz CT molecular complexity index is 1120. The number of aryl methyl sites for hydroxylation is 1. The van der Waals surface area contributed by atoms with E-state index in [-0.39, 0.29) is 17.2 Å². The van der Waals surface area contributed by atoms with E-state index in [1.165, 1.54) is 16.8 Å². The van der Waals surface area contributed by atoms with Crippen molar-refractivity contribution in [3.63, 3.8) is 0 Å². The van der Waals surface area contributed by atoms with Crippen LogP contribution in [0.3, 0.4) is 0 Å². The number of rotatable bonds is 4. The average Bonchev–Trinajstić information content (AvgIpc) is 3.18. The van der Waals surface area contributed by atoms with Crippen LogP contribution in [-0.2, 0) is 28.3 Å². The van der Waals surface area contributed by atoms with Gasteiger partial charge in [-0.15, -0.1) is 5.10 Å². The van der Waals surface area contributed by atoms with Crippen molar-refractivity contribution >= 4 is 27.3 Å². The van der Waals surface area contributed by atoms with Crippen LogP contribution in [0.1, 0.15) is 5.56 Å². The maximum Gasteiger partial charge on any atom is 0.261 e. The van der Waals surface area contributed by atoms with E-state index in [4.69, 9.17) is 0 Å². The van der Waals surface area contributed by atoms with Crippen LogP contribution in [0.2, 0.25) is 0 Å². The Labute approximate surface area is 149 Å². The zero-order valence-electron chi connectivity index (χ0n) is 13.7. The van der Waals surface area contributed by atoms with E-state index in [0.29, 0.717) is 28.3 Å². The number of nitrogens with zero attached hydrogens (tertiary/aromatic N) is 4. The minimum absolute atomic E-state index is 0.0958. The van der Waals surface area contributed by atoms with Crippen LogP contribution in [0.4, 0.5) is 11.4 Å². The van der Waals surface area contributed by atoms with Crippen LogP contribution < -0.4 is 10.0 Å². The first kappa shape index (κ1) is 16.2. The van der Waals surface area contributed by atoms with Gasteiger partial charge in [-0.2, -0.15) is 0 Å². The molecule has 0 bridgehead atoms. The lowest BCUT2D eigenvalue weighted by molar-refractivity contribution is -0.115. The second-order valence-corrected chi connectivity index (χ2v) is 7.54. The molecule has 2 heterocycles. The van der Waals surface area contributed by atoms with Gasteiger partial charge < -0.3 is 5.32 Å². The SMILES string of the molecule is Cn1nnnc1-c1cccc(NS(=O)(=O)c2ccc3c(c2)CC(=O)N3)c1. The van der Waals surface area contributed by atoms with E-state index in [0.717, 1.165) is 0 Å². The normalized spacial score (nSPS) is 13.3. The van der Waals surface area contributed by atoms with E-state index in [1.807, 2.05) is 0 Å². The molecule has 26 heavy (non-hydrogen) atoms. The molecular weight excluding hydrogens is 356 g/mol. The van der Waals surface area contributed by atoms with Crippen molar-refractivity contribution in [2.45, 2.75) is 11.3 Å². The zero-order chi connectivity index (χ0) is 18.3. The van der Waals surface area contributed by atoms with Crippen molar-refractivity contribution in [1.82, 2.24) is 20.2 Å². The maximum atomic E-state index is 12.7. The van der Waals surface area contributed by atoms with Crippen molar-refractivity contribution in [2.24, 2.45) is 7.05 Å². The van der Waals surface area contributed by atoms with Gasteiger partial charge in [0.25, 0.3) is 10.0 Å². The number of carbonyl (C=O) groups excluding carboxylic acids is 1. The summed E-state index contributed by atoms with van der Waals surface area (Å²) in [5.74, 6) is 0.376. The minimum Gasteiger partial charge on any atom is -0.326 e. The van der Waals surface area contributed by atoms with Crippen LogP contribution >= 0.6 is 0 Å². The Balaban J connectivity index is 1.64. The number of fused-ring (bicyclic) bond motifs is 1. The average molecular weight is 370 g/mol. The van der Waals surface area contributed by atoms with Gasteiger partial charge in [-0.3, -0.25) is 9.52 Å². The van der Waals surface area contributed by atoms with Crippen LogP contribution in [-0.4, -0.2) is 34.5 Å². The first-order valence-electron chi connectivity index (χ1n) is 7.71. The van der Waals surface area contributed by atoms with Crippen molar-refractivity contribution < 1.29 is 13.2 Å². The predicted molar refractivity (Wildman–Crippen MR) is 93.8 cm³/mol. The number of aromatic nitrogens is 4. The molecule has 2 aromatic carbocycles. The molecular formula is C16H14N6O3S. The van der Waals surface area contributed by atoms with Gasteiger partial charge in [0.2, 0.25) is 5.91 Å². The molecule has 0 radical (unpaired) electrons. The van der Waals surface area contributed by atoms with E-state index >= 15 is 0 Å². The largest absolute Gasteiger partial charge is 0.326 e. The second kappa shape index (κ2) is 5.92. The van der Waals surface area contributed by atoms with Gasteiger partial charge >= 0.3 is 0 Å². The molecule has 0 saturated carbocycles. The molecule has 1 amide bonds. The third kappa shape index (κ3) is 2.90. The van der Waals surface area contributed by atoms with Crippen molar-refractivity contribution in [1.29, 1.82) is 0 Å². The molecule has 1 aliphatic rings. The number of hydrogen-bond donors (Lipinski definition) is 2. The summed E-state index contributed by atoms with van der Waals surface area (Å²) in [4.78, 5) is 11.5. The summed E-state index contributed by atoms with van der Waals surface area (Å²) in [7, 11) is -2.10. The zero-order valence-corrected chi connectivity index (χ0v) is 14.5. The number of anilines is 2. The van der Waals surface area contributed by atoms with Gasteiger partial charge in [-0.05, 0) is 46.3 Å². The molecule has 0 aliphatic carbocycles. The van der Waals surface area contributed by atoms with Crippen LogP contribution in [0.15, 0.2) is 47.4 Å². The first-order chi connectivity index (χ1) is 12.4. The Morgan fingerprint density at radius 3 is 2.81 bits per heavy atom. The summed E-state index contributed by atoms with van der Waals surface area (Å²) in [6.07, 6.45) is 0.174. The molecule has 0 unspecified atom stereocenters. The molecule has 0 atom stereocenters. The number of amides is 1. The molecule has 0 fully saturated rings. The Morgan fingerprint density at radius 2 is 2.04 bits per heavy atom. The number of benzene rings is 2. The third-order valence-electron chi connectivity index (χ3n) is 4.01. The van der Waals surface area contributed by atoms with Gasteiger partial charge in [-0.1, -0.05) is 12.1 Å². The number of carbonyl (C=O) groups is 1. The van der Waals surface area contributed by atoms with E-state index in [1.54, 1.807) is 37.4 Å². The fourth-order valence-electron chi connectivity index (χ4n) is 2.78. The summed E-state index contributed by atoms with van der Waals surface area (Å²) < 4.78 is 29.4. The summed E-state index contributed by atoms with van der Waals surface area (Å²) in [5, 5.41) is 13.9. The lowest BCUT2D eigenvalue weighted by Crippen LogP contribution is -2.13. The molecule has 0 spiro atoms. The van der Waals surface area contributed by atoms with Gasteiger partial charge in [0.15, 0.2) is 5.82 Å². The maximum absolute atomic E-state index is 12.7. The third-order valence-corrected chi connectivity index (χ3v) is 5.38. The molecule has 10 heteroatoms. The summed E-state index contributed by atoms with van der Waals surface area (Å²) >= 11 is 0. The van der Waals surface area contributed by atoms with Crippen molar-refractivity contribution in [3.05, 3.63) is 48.0 Å². The number of nitrogens with one attached hydrogen (secondary N) is 2.